The fourth-order valence-electron chi connectivity index (χ4n) is 3.81. The topological polar surface area (TPSA) is 94.5 Å². The van der Waals surface area contributed by atoms with Crippen molar-refractivity contribution in [2.45, 2.75) is 63.4 Å². The molecule has 1 aromatic carbocycles. The molecular formula is C21H27N7S. The van der Waals surface area contributed by atoms with E-state index < -0.39 is 0 Å². The highest BCUT2D eigenvalue weighted by molar-refractivity contribution is 7.98. The number of hydrogen-bond acceptors (Lipinski definition) is 7. The number of para-hydroxylation sites is 1. The lowest BCUT2D eigenvalue weighted by Gasteiger charge is -2.17. The highest BCUT2D eigenvalue weighted by Crippen LogP contribution is 2.36. The molecule has 3 aromatic rings. The van der Waals surface area contributed by atoms with E-state index in [1.54, 1.807) is 11.8 Å². The van der Waals surface area contributed by atoms with Gasteiger partial charge in [-0.05, 0) is 45.2 Å². The van der Waals surface area contributed by atoms with E-state index in [4.69, 9.17) is 10.7 Å². The summed E-state index contributed by atoms with van der Waals surface area (Å²) in [5, 5.41) is 4.29. The van der Waals surface area contributed by atoms with E-state index in [1.165, 1.54) is 31.4 Å². The van der Waals surface area contributed by atoms with Gasteiger partial charge in [0.2, 0.25) is 11.9 Å². The van der Waals surface area contributed by atoms with Crippen LogP contribution in [-0.2, 0) is 5.75 Å². The Morgan fingerprint density at radius 2 is 1.83 bits per heavy atom. The first-order valence-electron chi connectivity index (χ1n) is 10.0. The SMILES string of the molecule is Cc1ccccc1Nc1nc(N)nc(CSc2nc(C)c(C)n2C2CCCC2)n1. The number of rotatable bonds is 6. The van der Waals surface area contributed by atoms with Gasteiger partial charge in [0.05, 0.1) is 11.4 Å². The standard InChI is InChI=1S/C21H27N7S/c1-13-8-4-7-11-17(13)24-20-26-18(25-19(22)27-20)12-29-21-23-14(2)15(3)28(21)16-9-5-6-10-16/h4,7-8,11,16H,5-6,9-10,12H2,1-3H3,(H3,22,24,25,26,27). The van der Waals surface area contributed by atoms with Gasteiger partial charge in [0.15, 0.2) is 5.16 Å². The molecule has 7 nitrogen and oxygen atoms in total. The number of nitrogens with one attached hydrogen (secondary N) is 1. The molecule has 1 fully saturated rings. The summed E-state index contributed by atoms with van der Waals surface area (Å²) >= 11 is 1.66. The Balaban J connectivity index is 1.53. The molecule has 8 heteroatoms. The first kappa shape index (κ1) is 19.7. The molecule has 152 valence electrons. The molecule has 0 amide bonds. The van der Waals surface area contributed by atoms with Crippen LogP contribution in [0.4, 0.5) is 17.6 Å². The van der Waals surface area contributed by atoms with Gasteiger partial charge in [0.1, 0.15) is 5.82 Å². The van der Waals surface area contributed by atoms with Crippen molar-refractivity contribution in [3.8, 4) is 0 Å². The van der Waals surface area contributed by atoms with Crippen molar-refractivity contribution in [2.24, 2.45) is 0 Å². The monoisotopic (exact) mass is 409 g/mol. The minimum Gasteiger partial charge on any atom is -0.368 e. The van der Waals surface area contributed by atoms with Crippen LogP contribution in [0, 0.1) is 20.8 Å². The molecule has 0 bridgehead atoms. The maximum Gasteiger partial charge on any atom is 0.232 e. The van der Waals surface area contributed by atoms with Gasteiger partial charge >= 0.3 is 0 Å². The number of benzene rings is 1. The van der Waals surface area contributed by atoms with Gasteiger partial charge < -0.3 is 15.6 Å². The van der Waals surface area contributed by atoms with E-state index in [1.807, 2.05) is 31.2 Å². The number of nitrogens with zero attached hydrogens (tertiary/aromatic N) is 5. The number of hydrogen-bond donors (Lipinski definition) is 2. The summed E-state index contributed by atoms with van der Waals surface area (Å²) in [6.45, 7) is 6.28. The van der Waals surface area contributed by atoms with Gasteiger partial charge in [-0.25, -0.2) is 4.98 Å². The summed E-state index contributed by atoms with van der Waals surface area (Å²) in [5.74, 6) is 1.93. The van der Waals surface area contributed by atoms with Crippen LogP contribution in [0.25, 0.3) is 0 Å². The van der Waals surface area contributed by atoms with Crippen LogP contribution in [0.1, 0.15) is 54.5 Å². The summed E-state index contributed by atoms with van der Waals surface area (Å²) in [5.41, 5.74) is 10.4. The highest BCUT2D eigenvalue weighted by atomic mass is 32.2. The Morgan fingerprint density at radius 3 is 2.59 bits per heavy atom. The largest absolute Gasteiger partial charge is 0.368 e. The molecule has 2 aromatic heterocycles. The van der Waals surface area contributed by atoms with Gasteiger partial charge in [-0.2, -0.15) is 15.0 Å². The van der Waals surface area contributed by atoms with E-state index in [0.29, 0.717) is 23.6 Å². The zero-order chi connectivity index (χ0) is 20.4. The molecule has 0 saturated heterocycles. The quantitative estimate of drug-likeness (QED) is 0.568. The second-order valence-corrected chi connectivity index (χ2v) is 8.48. The van der Waals surface area contributed by atoms with Crippen LogP contribution in [0.3, 0.4) is 0 Å². The Morgan fingerprint density at radius 1 is 1.07 bits per heavy atom. The van der Waals surface area contributed by atoms with Crippen molar-refractivity contribution in [1.82, 2.24) is 24.5 Å². The Bertz CT molecular complexity index is 1010. The second kappa shape index (κ2) is 8.41. The normalized spacial score (nSPS) is 14.4. The predicted molar refractivity (Wildman–Crippen MR) is 117 cm³/mol. The zero-order valence-corrected chi connectivity index (χ0v) is 18.0. The van der Waals surface area contributed by atoms with Crippen LogP contribution >= 0.6 is 11.8 Å². The van der Waals surface area contributed by atoms with Gasteiger partial charge in [0, 0.05) is 17.4 Å². The van der Waals surface area contributed by atoms with E-state index in [9.17, 15) is 0 Å². The summed E-state index contributed by atoms with van der Waals surface area (Å²) in [7, 11) is 0. The Hall–Kier alpha value is -2.61. The molecule has 0 unspecified atom stereocenters. The molecule has 0 radical (unpaired) electrons. The molecule has 1 aliphatic carbocycles. The van der Waals surface area contributed by atoms with Gasteiger partial charge in [-0.3, -0.25) is 0 Å². The highest BCUT2D eigenvalue weighted by Gasteiger charge is 2.23. The lowest BCUT2D eigenvalue weighted by Crippen LogP contribution is -2.09. The number of aryl methyl sites for hydroxylation is 2. The number of anilines is 3. The van der Waals surface area contributed by atoms with E-state index in [2.05, 4.69) is 38.7 Å². The van der Waals surface area contributed by atoms with Crippen LogP contribution < -0.4 is 11.1 Å². The summed E-state index contributed by atoms with van der Waals surface area (Å²) in [6, 6.07) is 8.57. The van der Waals surface area contributed by atoms with Crippen LogP contribution in [0.2, 0.25) is 0 Å². The molecule has 2 heterocycles. The van der Waals surface area contributed by atoms with E-state index in [-0.39, 0.29) is 5.95 Å². The number of nitrogens with two attached hydrogens (primary N) is 1. The summed E-state index contributed by atoms with van der Waals surface area (Å²) in [4.78, 5) is 17.9. The third-order valence-corrected chi connectivity index (χ3v) is 6.41. The van der Waals surface area contributed by atoms with E-state index in [0.717, 1.165) is 22.1 Å². The molecule has 0 atom stereocenters. The third-order valence-electron chi connectivity index (χ3n) is 5.47. The van der Waals surface area contributed by atoms with Crippen molar-refractivity contribution in [3.05, 3.63) is 47.0 Å². The fourth-order valence-corrected chi connectivity index (χ4v) is 4.83. The molecular weight excluding hydrogens is 382 g/mol. The Kier molecular flexibility index (Phi) is 5.71. The first-order valence-corrected chi connectivity index (χ1v) is 11.0. The van der Waals surface area contributed by atoms with Crippen molar-refractivity contribution < 1.29 is 0 Å². The lowest BCUT2D eigenvalue weighted by atomic mass is 10.2. The minimum atomic E-state index is 0.221. The molecule has 29 heavy (non-hydrogen) atoms. The smallest absolute Gasteiger partial charge is 0.232 e. The van der Waals surface area contributed by atoms with Crippen molar-refractivity contribution in [2.75, 3.05) is 11.1 Å². The van der Waals surface area contributed by atoms with Gasteiger partial charge in [0.25, 0.3) is 0 Å². The summed E-state index contributed by atoms with van der Waals surface area (Å²) in [6.07, 6.45) is 5.05. The van der Waals surface area contributed by atoms with Crippen molar-refractivity contribution in [1.29, 1.82) is 0 Å². The number of thioether (sulfide) groups is 1. The van der Waals surface area contributed by atoms with Crippen molar-refractivity contribution in [3.63, 3.8) is 0 Å². The molecule has 3 N–H and O–H groups in total. The lowest BCUT2D eigenvalue weighted by molar-refractivity contribution is 0.471. The minimum absolute atomic E-state index is 0.221. The third kappa shape index (κ3) is 4.37. The van der Waals surface area contributed by atoms with E-state index >= 15 is 0 Å². The molecule has 0 aliphatic heterocycles. The van der Waals surface area contributed by atoms with Crippen molar-refractivity contribution >= 4 is 29.3 Å². The number of nitrogen functional groups attached to an aromatic ring is 1. The van der Waals surface area contributed by atoms with Crippen LogP contribution in [0.5, 0.6) is 0 Å². The first-order chi connectivity index (χ1) is 14.0. The van der Waals surface area contributed by atoms with Crippen LogP contribution in [0.15, 0.2) is 29.4 Å². The zero-order valence-electron chi connectivity index (χ0n) is 17.1. The molecule has 0 spiro atoms. The second-order valence-electron chi connectivity index (χ2n) is 7.54. The molecule has 1 saturated carbocycles. The maximum atomic E-state index is 5.95. The van der Waals surface area contributed by atoms with Crippen LogP contribution in [-0.4, -0.2) is 24.5 Å². The number of imidazole rings is 1. The average Bonchev–Trinajstić information content (AvgIpc) is 3.30. The van der Waals surface area contributed by atoms with Gasteiger partial charge in [-0.15, -0.1) is 0 Å². The molecule has 1 aliphatic rings. The average molecular weight is 410 g/mol. The Labute approximate surface area is 175 Å². The summed E-state index contributed by atoms with van der Waals surface area (Å²) < 4.78 is 2.41. The number of aromatic nitrogens is 5. The molecule has 4 rings (SSSR count). The fraction of sp³-hybridized carbons (Fsp3) is 0.429. The maximum absolute atomic E-state index is 5.95. The van der Waals surface area contributed by atoms with Gasteiger partial charge in [-0.1, -0.05) is 42.8 Å². The predicted octanol–water partition coefficient (Wildman–Crippen LogP) is 4.73.